The summed E-state index contributed by atoms with van der Waals surface area (Å²) < 4.78 is 0. The van der Waals surface area contributed by atoms with Crippen molar-refractivity contribution < 1.29 is 9.59 Å². The van der Waals surface area contributed by atoms with Gasteiger partial charge in [-0.3, -0.25) is 9.59 Å². The second kappa shape index (κ2) is 4.65. The Morgan fingerprint density at radius 3 is 2.29 bits per heavy atom. The van der Waals surface area contributed by atoms with Gasteiger partial charge < -0.3 is 5.32 Å². The predicted molar refractivity (Wildman–Crippen MR) is 67.1 cm³/mol. The number of nitrogens with zero attached hydrogens (tertiary/aromatic N) is 1. The van der Waals surface area contributed by atoms with Crippen LogP contribution < -0.4 is 5.32 Å². The van der Waals surface area contributed by atoms with Crippen LogP contribution in [0.5, 0.6) is 0 Å². The first kappa shape index (κ1) is 13.4. The summed E-state index contributed by atoms with van der Waals surface area (Å²) in [6.45, 7) is 8.71. The number of amides is 1. The molecule has 1 amide bonds. The molecule has 0 aliphatic carbocycles. The maximum atomic E-state index is 11.9. The lowest BCUT2D eigenvalue weighted by Crippen LogP contribution is -2.28. The van der Waals surface area contributed by atoms with Crippen LogP contribution in [0.25, 0.3) is 0 Å². The van der Waals surface area contributed by atoms with E-state index in [0.717, 1.165) is 5.69 Å². The highest BCUT2D eigenvalue weighted by molar-refractivity contribution is 6.03. The Morgan fingerprint density at radius 1 is 1.24 bits per heavy atom. The van der Waals surface area contributed by atoms with Crippen molar-refractivity contribution in [2.45, 2.75) is 34.6 Å². The largest absolute Gasteiger partial charge is 0.310 e. The van der Waals surface area contributed by atoms with Gasteiger partial charge in [0, 0.05) is 11.1 Å². The monoisotopic (exact) mass is 234 g/mol. The summed E-state index contributed by atoms with van der Waals surface area (Å²) in [6, 6.07) is 3.44. The third-order valence-electron chi connectivity index (χ3n) is 2.33. The molecule has 0 unspecified atom stereocenters. The standard InChI is InChI=1S/C13H18N2O2/c1-8-6-7-10(9(2)16)11(14-8)15-12(17)13(3,4)5/h6-7H,1-5H3,(H,14,15,17). The quantitative estimate of drug-likeness (QED) is 0.800. The number of aromatic nitrogens is 1. The number of hydrogen-bond donors (Lipinski definition) is 1. The lowest BCUT2D eigenvalue weighted by molar-refractivity contribution is -0.123. The third-order valence-corrected chi connectivity index (χ3v) is 2.33. The molecule has 0 bridgehead atoms. The molecule has 1 aromatic rings. The van der Waals surface area contributed by atoms with Crippen molar-refractivity contribution in [3.63, 3.8) is 0 Å². The van der Waals surface area contributed by atoms with E-state index in [9.17, 15) is 9.59 Å². The molecule has 1 aromatic heterocycles. The van der Waals surface area contributed by atoms with E-state index in [2.05, 4.69) is 10.3 Å². The van der Waals surface area contributed by atoms with Crippen LogP contribution in [0.3, 0.4) is 0 Å². The molecule has 92 valence electrons. The van der Waals surface area contributed by atoms with Crippen LogP contribution in [0.15, 0.2) is 12.1 Å². The molecular formula is C13H18N2O2. The zero-order chi connectivity index (χ0) is 13.2. The number of carbonyl (C=O) groups excluding carboxylic acids is 2. The van der Waals surface area contributed by atoms with Gasteiger partial charge in [-0.2, -0.15) is 0 Å². The van der Waals surface area contributed by atoms with Crippen molar-refractivity contribution >= 4 is 17.5 Å². The van der Waals surface area contributed by atoms with Gasteiger partial charge in [0.05, 0.1) is 5.56 Å². The van der Waals surface area contributed by atoms with Crippen LogP contribution in [-0.4, -0.2) is 16.7 Å². The molecule has 1 rings (SSSR count). The Kier molecular flexibility index (Phi) is 3.66. The van der Waals surface area contributed by atoms with Crippen LogP contribution in [-0.2, 0) is 4.79 Å². The van der Waals surface area contributed by atoms with Crippen molar-refractivity contribution in [2.24, 2.45) is 5.41 Å². The Morgan fingerprint density at radius 2 is 1.82 bits per heavy atom. The van der Waals surface area contributed by atoms with E-state index in [1.54, 1.807) is 12.1 Å². The highest BCUT2D eigenvalue weighted by Gasteiger charge is 2.23. The molecule has 1 N–H and O–H groups in total. The summed E-state index contributed by atoms with van der Waals surface area (Å²) in [5.41, 5.74) is 0.687. The summed E-state index contributed by atoms with van der Waals surface area (Å²) in [7, 11) is 0. The Balaban J connectivity index is 3.09. The average molecular weight is 234 g/mol. The normalized spacial score (nSPS) is 11.1. The molecule has 0 aliphatic heterocycles. The summed E-state index contributed by atoms with van der Waals surface area (Å²) in [6.07, 6.45) is 0. The fourth-order valence-electron chi connectivity index (χ4n) is 1.23. The van der Waals surface area contributed by atoms with Crippen LogP contribution in [0.2, 0.25) is 0 Å². The number of pyridine rings is 1. The summed E-state index contributed by atoms with van der Waals surface area (Å²) in [5, 5.41) is 2.70. The number of hydrogen-bond acceptors (Lipinski definition) is 3. The van der Waals surface area contributed by atoms with Gasteiger partial charge in [0.2, 0.25) is 5.91 Å². The summed E-state index contributed by atoms with van der Waals surface area (Å²) >= 11 is 0. The molecular weight excluding hydrogens is 216 g/mol. The van der Waals surface area contributed by atoms with Gasteiger partial charge >= 0.3 is 0 Å². The molecule has 0 fully saturated rings. The fraction of sp³-hybridized carbons (Fsp3) is 0.462. The van der Waals surface area contributed by atoms with Crippen LogP contribution in [0.4, 0.5) is 5.82 Å². The van der Waals surface area contributed by atoms with Crippen molar-refractivity contribution in [1.82, 2.24) is 4.98 Å². The average Bonchev–Trinajstić information content (AvgIpc) is 2.15. The van der Waals surface area contributed by atoms with Gasteiger partial charge in [0.15, 0.2) is 5.78 Å². The number of anilines is 1. The van der Waals surface area contributed by atoms with E-state index in [-0.39, 0.29) is 11.7 Å². The van der Waals surface area contributed by atoms with E-state index in [1.807, 2.05) is 27.7 Å². The third kappa shape index (κ3) is 3.37. The minimum Gasteiger partial charge on any atom is -0.310 e. The molecule has 0 aliphatic rings. The molecule has 0 aromatic carbocycles. The lowest BCUT2D eigenvalue weighted by Gasteiger charge is -2.18. The van der Waals surface area contributed by atoms with Crippen molar-refractivity contribution in [3.8, 4) is 0 Å². The molecule has 1 heterocycles. The zero-order valence-corrected chi connectivity index (χ0v) is 10.9. The van der Waals surface area contributed by atoms with Gasteiger partial charge in [0.25, 0.3) is 0 Å². The molecule has 0 atom stereocenters. The van der Waals surface area contributed by atoms with Crippen LogP contribution >= 0.6 is 0 Å². The van der Waals surface area contributed by atoms with Crippen molar-refractivity contribution in [3.05, 3.63) is 23.4 Å². The van der Waals surface area contributed by atoms with Crippen LogP contribution in [0, 0.1) is 12.3 Å². The summed E-state index contributed by atoms with van der Waals surface area (Å²) in [5.74, 6) is 0.0808. The number of ketones is 1. The Hall–Kier alpha value is -1.71. The molecule has 0 saturated heterocycles. The lowest BCUT2D eigenvalue weighted by atomic mass is 9.95. The number of Topliss-reactive ketones (excluding diaryl/α,β-unsaturated/α-hetero) is 1. The number of rotatable bonds is 2. The molecule has 17 heavy (non-hydrogen) atoms. The molecule has 0 spiro atoms. The molecule has 4 nitrogen and oxygen atoms in total. The maximum Gasteiger partial charge on any atom is 0.230 e. The Labute approximate surface area is 101 Å². The van der Waals surface area contributed by atoms with E-state index in [0.29, 0.717) is 11.4 Å². The maximum absolute atomic E-state index is 11.9. The second-order valence-electron chi connectivity index (χ2n) is 5.11. The number of carbonyl (C=O) groups is 2. The second-order valence-corrected chi connectivity index (χ2v) is 5.11. The highest BCUT2D eigenvalue weighted by Crippen LogP contribution is 2.19. The predicted octanol–water partition coefficient (Wildman–Crippen LogP) is 2.58. The van der Waals surface area contributed by atoms with E-state index in [1.165, 1.54) is 6.92 Å². The highest BCUT2D eigenvalue weighted by atomic mass is 16.2. The van der Waals surface area contributed by atoms with Gasteiger partial charge in [-0.1, -0.05) is 20.8 Å². The van der Waals surface area contributed by atoms with Crippen molar-refractivity contribution in [1.29, 1.82) is 0 Å². The minimum atomic E-state index is -0.514. The first-order chi connectivity index (χ1) is 7.71. The number of nitrogens with one attached hydrogen (secondary N) is 1. The Bertz CT molecular complexity index is 459. The van der Waals surface area contributed by atoms with Gasteiger partial charge in [-0.15, -0.1) is 0 Å². The van der Waals surface area contributed by atoms with Gasteiger partial charge in [-0.05, 0) is 26.0 Å². The molecule has 0 radical (unpaired) electrons. The smallest absolute Gasteiger partial charge is 0.230 e. The molecule has 0 saturated carbocycles. The summed E-state index contributed by atoms with van der Waals surface area (Å²) in [4.78, 5) is 27.5. The van der Waals surface area contributed by atoms with Gasteiger partial charge in [-0.25, -0.2) is 4.98 Å². The van der Waals surface area contributed by atoms with E-state index in [4.69, 9.17) is 0 Å². The first-order valence-electron chi connectivity index (χ1n) is 5.52. The van der Waals surface area contributed by atoms with E-state index >= 15 is 0 Å². The zero-order valence-electron chi connectivity index (χ0n) is 10.9. The van der Waals surface area contributed by atoms with E-state index < -0.39 is 5.41 Å². The number of aryl methyl sites for hydroxylation is 1. The van der Waals surface area contributed by atoms with Crippen molar-refractivity contribution in [2.75, 3.05) is 5.32 Å². The minimum absolute atomic E-state index is 0.110. The fourth-order valence-corrected chi connectivity index (χ4v) is 1.23. The SMILES string of the molecule is CC(=O)c1ccc(C)nc1NC(=O)C(C)(C)C. The van der Waals surface area contributed by atoms with Gasteiger partial charge in [0.1, 0.15) is 5.82 Å². The topological polar surface area (TPSA) is 59.1 Å². The van der Waals surface area contributed by atoms with Crippen LogP contribution in [0.1, 0.15) is 43.7 Å². The first-order valence-corrected chi connectivity index (χ1v) is 5.52. The molecule has 4 heteroatoms.